The van der Waals surface area contributed by atoms with Gasteiger partial charge in [0.15, 0.2) is 11.3 Å². The molecular formula is C17H17BrN2O6. The number of aliphatic carboxylic acids is 1. The molecule has 1 aliphatic heterocycles. The SMILES string of the molecule is CN(C)C(=O)CN1C(=O)c2oc3cc(Br)ccc3c2OC[C@]1(C)C(=O)O. The molecule has 3 rings (SSSR count). The number of carboxylic acids is 1. The second-order valence-electron chi connectivity index (χ2n) is 6.45. The van der Waals surface area contributed by atoms with E-state index >= 15 is 0 Å². The van der Waals surface area contributed by atoms with E-state index in [0.29, 0.717) is 11.0 Å². The maximum absolute atomic E-state index is 13.1. The Morgan fingerprint density at radius 3 is 2.69 bits per heavy atom. The monoisotopic (exact) mass is 424 g/mol. The van der Waals surface area contributed by atoms with Crippen LogP contribution in [-0.4, -0.2) is 65.5 Å². The van der Waals surface area contributed by atoms with Crippen LogP contribution < -0.4 is 4.74 Å². The van der Waals surface area contributed by atoms with Gasteiger partial charge in [0.2, 0.25) is 11.7 Å². The zero-order valence-corrected chi connectivity index (χ0v) is 16.0. The Hall–Kier alpha value is -2.55. The molecule has 0 radical (unpaired) electrons. The van der Waals surface area contributed by atoms with E-state index in [1.807, 2.05) is 0 Å². The van der Waals surface area contributed by atoms with Crippen molar-refractivity contribution in [2.24, 2.45) is 0 Å². The molecule has 1 atom stereocenters. The molecule has 1 aromatic carbocycles. The Bertz CT molecular complexity index is 921. The van der Waals surface area contributed by atoms with Gasteiger partial charge >= 0.3 is 5.97 Å². The standard InChI is InChI=1S/C17H17BrN2O6/c1-17(16(23)24)8-25-13-10-5-4-9(18)6-11(10)26-14(13)15(22)20(17)7-12(21)19(2)3/h4-6H,7-8H2,1-3H3,(H,23,24)/t17-/m1/s1. The first-order valence-corrected chi connectivity index (χ1v) is 8.55. The first kappa shape index (κ1) is 18.2. The van der Waals surface area contributed by atoms with E-state index in [1.54, 1.807) is 18.2 Å². The van der Waals surface area contributed by atoms with Gasteiger partial charge in [-0.15, -0.1) is 0 Å². The van der Waals surface area contributed by atoms with E-state index in [-0.39, 0.29) is 18.1 Å². The molecule has 0 unspecified atom stereocenters. The minimum atomic E-state index is -1.72. The van der Waals surface area contributed by atoms with Crippen LogP contribution in [-0.2, 0) is 9.59 Å². The summed E-state index contributed by atoms with van der Waals surface area (Å²) >= 11 is 3.33. The number of amides is 2. The average molecular weight is 425 g/mol. The van der Waals surface area contributed by atoms with Crippen LogP contribution >= 0.6 is 15.9 Å². The second-order valence-corrected chi connectivity index (χ2v) is 7.36. The number of halogens is 1. The van der Waals surface area contributed by atoms with Gasteiger partial charge in [0.1, 0.15) is 18.7 Å². The lowest BCUT2D eigenvalue weighted by Gasteiger charge is -2.35. The van der Waals surface area contributed by atoms with Crippen LogP contribution in [0.5, 0.6) is 5.75 Å². The van der Waals surface area contributed by atoms with Crippen molar-refractivity contribution in [3.8, 4) is 5.75 Å². The summed E-state index contributed by atoms with van der Waals surface area (Å²) in [6.45, 7) is 0.630. The summed E-state index contributed by atoms with van der Waals surface area (Å²) < 4.78 is 12.1. The lowest BCUT2D eigenvalue weighted by molar-refractivity contribution is -0.151. The Morgan fingerprint density at radius 2 is 2.08 bits per heavy atom. The zero-order chi connectivity index (χ0) is 19.2. The maximum atomic E-state index is 13.1. The van der Waals surface area contributed by atoms with Crippen LogP contribution in [0, 0.1) is 0 Å². The van der Waals surface area contributed by atoms with E-state index in [4.69, 9.17) is 9.15 Å². The third-order valence-electron chi connectivity index (χ3n) is 4.39. The largest absolute Gasteiger partial charge is 0.486 e. The molecule has 2 amide bonds. The normalized spacial score (nSPS) is 19.7. The number of likely N-dealkylation sites (N-methyl/N-ethyl adjacent to an activating group) is 1. The molecule has 1 aromatic heterocycles. The number of furan rings is 1. The number of benzene rings is 1. The van der Waals surface area contributed by atoms with E-state index in [0.717, 1.165) is 9.37 Å². The van der Waals surface area contributed by atoms with Gasteiger partial charge in [-0.2, -0.15) is 0 Å². The third kappa shape index (κ3) is 2.82. The van der Waals surface area contributed by atoms with Gasteiger partial charge in [0.05, 0.1) is 5.39 Å². The van der Waals surface area contributed by atoms with Crippen molar-refractivity contribution >= 4 is 44.7 Å². The molecule has 0 saturated carbocycles. The van der Waals surface area contributed by atoms with Gasteiger partial charge in [0.25, 0.3) is 5.91 Å². The van der Waals surface area contributed by atoms with Crippen molar-refractivity contribution < 1.29 is 28.6 Å². The van der Waals surface area contributed by atoms with Crippen molar-refractivity contribution in [2.45, 2.75) is 12.5 Å². The van der Waals surface area contributed by atoms with Crippen LogP contribution in [0.25, 0.3) is 11.0 Å². The Morgan fingerprint density at radius 1 is 1.38 bits per heavy atom. The minimum absolute atomic E-state index is 0.116. The fourth-order valence-electron chi connectivity index (χ4n) is 2.67. The smallest absolute Gasteiger partial charge is 0.332 e. The highest BCUT2D eigenvalue weighted by Crippen LogP contribution is 2.39. The summed E-state index contributed by atoms with van der Waals surface area (Å²) in [5.41, 5.74) is -1.29. The molecule has 8 nitrogen and oxygen atoms in total. The number of nitrogens with zero attached hydrogens (tertiary/aromatic N) is 2. The minimum Gasteiger partial charge on any atom is -0.486 e. The van der Waals surface area contributed by atoms with Gasteiger partial charge in [-0.05, 0) is 25.1 Å². The quantitative estimate of drug-likeness (QED) is 0.807. The number of carbonyl (C=O) groups is 3. The molecule has 1 N–H and O–H groups in total. The van der Waals surface area contributed by atoms with E-state index in [1.165, 1.54) is 25.9 Å². The van der Waals surface area contributed by atoms with Crippen LogP contribution in [0.2, 0.25) is 0 Å². The predicted octanol–water partition coefficient (Wildman–Crippen LogP) is 1.96. The fourth-order valence-corrected chi connectivity index (χ4v) is 3.01. The van der Waals surface area contributed by atoms with Gasteiger partial charge in [-0.3, -0.25) is 9.59 Å². The molecule has 138 valence electrons. The molecular weight excluding hydrogens is 408 g/mol. The second kappa shape index (κ2) is 6.31. The zero-order valence-electron chi connectivity index (χ0n) is 14.4. The first-order valence-electron chi connectivity index (χ1n) is 7.75. The third-order valence-corrected chi connectivity index (χ3v) is 4.89. The topological polar surface area (TPSA) is 100 Å². The molecule has 9 heteroatoms. The van der Waals surface area contributed by atoms with Gasteiger partial charge in [0, 0.05) is 18.6 Å². The Kier molecular flexibility index (Phi) is 4.43. The average Bonchev–Trinajstić information content (AvgIpc) is 2.89. The number of hydrogen-bond donors (Lipinski definition) is 1. The van der Waals surface area contributed by atoms with E-state index in [2.05, 4.69) is 15.9 Å². The highest BCUT2D eigenvalue weighted by atomic mass is 79.9. The van der Waals surface area contributed by atoms with Crippen molar-refractivity contribution in [1.82, 2.24) is 9.80 Å². The summed E-state index contributed by atoms with van der Waals surface area (Å²) in [4.78, 5) is 39.4. The van der Waals surface area contributed by atoms with Crippen molar-refractivity contribution in [2.75, 3.05) is 27.2 Å². The molecule has 1 aliphatic rings. The summed E-state index contributed by atoms with van der Waals surface area (Å²) in [5, 5.41) is 10.3. The van der Waals surface area contributed by atoms with Crippen LogP contribution in [0.15, 0.2) is 27.1 Å². The lowest BCUT2D eigenvalue weighted by atomic mass is 10.0. The molecule has 2 heterocycles. The van der Waals surface area contributed by atoms with Crippen molar-refractivity contribution in [1.29, 1.82) is 0 Å². The van der Waals surface area contributed by atoms with Crippen LogP contribution in [0.4, 0.5) is 0 Å². The molecule has 0 spiro atoms. The maximum Gasteiger partial charge on any atom is 0.332 e. The van der Waals surface area contributed by atoms with Crippen molar-refractivity contribution in [3.63, 3.8) is 0 Å². The summed E-state index contributed by atoms with van der Waals surface area (Å²) in [5.74, 6) is -2.31. The molecule has 0 aliphatic carbocycles. The fraction of sp³-hybridized carbons (Fsp3) is 0.353. The van der Waals surface area contributed by atoms with Gasteiger partial charge in [-0.1, -0.05) is 15.9 Å². The predicted molar refractivity (Wildman–Crippen MR) is 95.2 cm³/mol. The highest BCUT2D eigenvalue weighted by molar-refractivity contribution is 9.10. The summed E-state index contributed by atoms with van der Waals surface area (Å²) in [6.07, 6.45) is 0. The van der Waals surface area contributed by atoms with E-state index < -0.39 is 29.9 Å². The number of ether oxygens (including phenoxy) is 1. The first-order chi connectivity index (χ1) is 12.1. The summed E-state index contributed by atoms with van der Waals surface area (Å²) in [6, 6.07) is 5.17. The van der Waals surface area contributed by atoms with E-state index in [9.17, 15) is 19.5 Å². The highest BCUT2D eigenvalue weighted by Gasteiger charge is 2.49. The summed E-state index contributed by atoms with van der Waals surface area (Å²) in [7, 11) is 3.06. The van der Waals surface area contributed by atoms with Crippen LogP contribution in [0.1, 0.15) is 17.5 Å². The van der Waals surface area contributed by atoms with Crippen LogP contribution in [0.3, 0.4) is 0 Å². The Labute approximate surface area is 157 Å². The molecule has 0 saturated heterocycles. The van der Waals surface area contributed by atoms with Gasteiger partial charge in [-0.25, -0.2) is 4.79 Å². The lowest BCUT2D eigenvalue weighted by Crippen LogP contribution is -2.59. The number of rotatable bonds is 3. The number of fused-ring (bicyclic) bond motifs is 3. The number of carbonyl (C=O) groups excluding carboxylic acids is 2. The molecule has 0 fully saturated rings. The number of carboxylic acid groups (broad SMARTS) is 1. The van der Waals surface area contributed by atoms with Crippen molar-refractivity contribution in [3.05, 3.63) is 28.4 Å². The molecule has 26 heavy (non-hydrogen) atoms. The number of hydrogen-bond acceptors (Lipinski definition) is 5. The Balaban J connectivity index is 2.14. The molecule has 0 bridgehead atoms. The molecule has 2 aromatic rings. The van der Waals surface area contributed by atoms with Gasteiger partial charge < -0.3 is 24.1 Å².